The molecule has 0 radical (unpaired) electrons. The SMILES string of the molecule is Cn1cc(NC(=O)NCC2CCC(C(=O)O)O2)cn1. The van der Waals surface area contributed by atoms with Crippen molar-refractivity contribution in [2.45, 2.75) is 25.0 Å². The van der Waals surface area contributed by atoms with Crippen molar-refractivity contribution in [3.63, 3.8) is 0 Å². The van der Waals surface area contributed by atoms with Gasteiger partial charge in [0.15, 0.2) is 6.10 Å². The number of carbonyl (C=O) groups is 2. The Morgan fingerprint density at radius 1 is 1.58 bits per heavy atom. The molecule has 2 unspecified atom stereocenters. The first-order valence-electron chi connectivity index (χ1n) is 5.96. The summed E-state index contributed by atoms with van der Waals surface area (Å²) in [5.74, 6) is -0.956. The summed E-state index contributed by atoms with van der Waals surface area (Å²) in [5.41, 5.74) is 0.593. The van der Waals surface area contributed by atoms with Gasteiger partial charge < -0.3 is 20.5 Å². The van der Waals surface area contributed by atoms with E-state index in [4.69, 9.17) is 9.84 Å². The highest BCUT2D eigenvalue weighted by atomic mass is 16.5. The summed E-state index contributed by atoms with van der Waals surface area (Å²) in [6, 6.07) is -0.365. The minimum Gasteiger partial charge on any atom is -0.479 e. The minimum absolute atomic E-state index is 0.249. The summed E-state index contributed by atoms with van der Waals surface area (Å²) < 4.78 is 6.85. The normalized spacial score (nSPS) is 22.2. The van der Waals surface area contributed by atoms with Gasteiger partial charge in [-0.25, -0.2) is 9.59 Å². The van der Waals surface area contributed by atoms with Crippen LogP contribution in [0, 0.1) is 0 Å². The highest BCUT2D eigenvalue weighted by Crippen LogP contribution is 2.19. The van der Waals surface area contributed by atoms with Crippen molar-refractivity contribution >= 4 is 17.7 Å². The van der Waals surface area contributed by atoms with Gasteiger partial charge in [-0.05, 0) is 12.8 Å². The number of anilines is 1. The van der Waals surface area contributed by atoms with E-state index >= 15 is 0 Å². The highest BCUT2D eigenvalue weighted by molar-refractivity contribution is 5.88. The lowest BCUT2D eigenvalue weighted by atomic mass is 10.2. The van der Waals surface area contributed by atoms with E-state index in [0.29, 0.717) is 18.5 Å². The molecule has 0 aliphatic carbocycles. The van der Waals surface area contributed by atoms with Gasteiger partial charge in [-0.2, -0.15) is 5.10 Å². The Morgan fingerprint density at radius 2 is 2.37 bits per heavy atom. The number of aromatic nitrogens is 2. The maximum absolute atomic E-state index is 11.6. The molecule has 2 atom stereocenters. The van der Waals surface area contributed by atoms with Crippen LogP contribution in [0.2, 0.25) is 0 Å². The fourth-order valence-electron chi connectivity index (χ4n) is 1.91. The number of carboxylic acid groups (broad SMARTS) is 1. The predicted molar refractivity (Wildman–Crippen MR) is 65.8 cm³/mol. The molecule has 19 heavy (non-hydrogen) atoms. The molecule has 1 aromatic rings. The Labute approximate surface area is 109 Å². The van der Waals surface area contributed by atoms with Crippen LogP contribution in [0.25, 0.3) is 0 Å². The van der Waals surface area contributed by atoms with E-state index in [2.05, 4.69) is 15.7 Å². The van der Waals surface area contributed by atoms with Gasteiger partial charge in [-0.1, -0.05) is 0 Å². The van der Waals surface area contributed by atoms with Gasteiger partial charge in [-0.15, -0.1) is 0 Å². The third-order valence-electron chi connectivity index (χ3n) is 2.84. The number of amides is 2. The quantitative estimate of drug-likeness (QED) is 0.722. The van der Waals surface area contributed by atoms with Crippen molar-refractivity contribution < 1.29 is 19.4 Å². The molecule has 8 heteroatoms. The standard InChI is InChI=1S/C11H16N4O4/c1-15-6-7(4-13-15)14-11(18)12-5-8-2-3-9(19-8)10(16)17/h4,6,8-9H,2-3,5H2,1H3,(H,16,17)(H2,12,14,18). The third kappa shape index (κ3) is 3.68. The summed E-state index contributed by atoms with van der Waals surface area (Å²) in [7, 11) is 1.75. The first kappa shape index (κ1) is 13.3. The van der Waals surface area contributed by atoms with Gasteiger partial charge in [0.25, 0.3) is 0 Å². The van der Waals surface area contributed by atoms with Crippen LogP contribution < -0.4 is 10.6 Å². The highest BCUT2D eigenvalue weighted by Gasteiger charge is 2.30. The fourth-order valence-corrected chi connectivity index (χ4v) is 1.91. The lowest BCUT2D eigenvalue weighted by Gasteiger charge is -2.12. The van der Waals surface area contributed by atoms with Crippen molar-refractivity contribution in [3.8, 4) is 0 Å². The van der Waals surface area contributed by atoms with Crippen LogP contribution in [-0.4, -0.2) is 45.6 Å². The maximum atomic E-state index is 11.6. The number of rotatable bonds is 4. The number of aliphatic carboxylic acids is 1. The average Bonchev–Trinajstić information content (AvgIpc) is 2.96. The number of carbonyl (C=O) groups excluding carboxylic acids is 1. The number of nitrogens with one attached hydrogen (secondary N) is 2. The molecule has 0 saturated carbocycles. The molecular formula is C11H16N4O4. The molecule has 0 aromatic carbocycles. The second-order valence-electron chi connectivity index (χ2n) is 4.40. The molecule has 2 amide bonds. The topological polar surface area (TPSA) is 105 Å². The van der Waals surface area contributed by atoms with Gasteiger partial charge in [0.2, 0.25) is 0 Å². The lowest BCUT2D eigenvalue weighted by Crippen LogP contribution is -2.35. The molecule has 8 nitrogen and oxygen atoms in total. The predicted octanol–water partition coefficient (Wildman–Crippen LogP) is 0.174. The first-order chi connectivity index (χ1) is 9.04. The molecule has 1 fully saturated rings. The zero-order chi connectivity index (χ0) is 13.8. The number of hydrogen-bond acceptors (Lipinski definition) is 4. The molecule has 1 aliphatic heterocycles. The Balaban J connectivity index is 1.71. The van der Waals surface area contributed by atoms with Crippen LogP contribution in [0.1, 0.15) is 12.8 Å². The van der Waals surface area contributed by atoms with Crippen LogP contribution in [0.3, 0.4) is 0 Å². The number of urea groups is 1. The van der Waals surface area contributed by atoms with E-state index in [-0.39, 0.29) is 18.7 Å². The van der Waals surface area contributed by atoms with Crippen molar-refractivity contribution in [1.29, 1.82) is 0 Å². The van der Waals surface area contributed by atoms with E-state index in [0.717, 1.165) is 0 Å². The molecule has 104 valence electrons. The van der Waals surface area contributed by atoms with Crippen LogP contribution >= 0.6 is 0 Å². The van der Waals surface area contributed by atoms with Gasteiger partial charge in [0, 0.05) is 19.8 Å². The Morgan fingerprint density at radius 3 is 2.95 bits per heavy atom. The van der Waals surface area contributed by atoms with Crippen molar-refractivity contribution in [2.24, 2.45) is 7.05 Å². The van der Waals surface area contributed by atoms with Crippen molar-refractivity contribution in [3.05, 3.63) is 12.4 Å². The minimum atomic E-state index is -0.956. The summed E-state index contributed by atoms with van der Waals surface area (Å²) in [6.45, 7) is 0.288. The van der Waals surface area contributed by atoms with Crippen LogP contribution in [0.4, 0.5) is 10.5 Å². The van der Waals surface area contributed by atoms with Crippen LogP contribution in [0.5, 0.6) is 0 Å². The fraction of sp³-hybridized carbons (Fsp3) is 0.545. The van der Waals surface area contributed by atoms with E-state index in [1.54, 1.807) is 17.9 Å². The largest absolute Gasteiger partial charge is 0.479 e. The van der Waals surface area contributed by atoms with Crippen LogP contribution in [-0.2, 0) is 16.6 Å². The van der Waals surface area contributed by atoms with E-state index in [1.165, 1.54) is 6.20 Å². The van der Waals surface area contributed by atoms with Crippen LogP contribution in [0.15, 0.2) is 12.4 Å². The number of carboxylic acids is 1. The van der Waals surface area contributed by atoms with E-state index in [1.807, 2.05) is 0 Å². The second kappa shape index (κ2) is 5.70. The number of nitrogens with zero attached hydrogens (tertiary/aromatic N) is 2. The Kier molecular flexibility index (Phi) is 4.00. The van der Waals surface area contributed by atoms with Crippen molar-refractivity contribution in [1.82, 2.24) is 15.1 Å². The molecular weight excluding hydrogens is 252 g/mol. The van der Waals surface area contributed by atoms with E-state index in [9.17, 15) is 9.59 Å². The zero-order valence-electron chi connectivity index (χ0n) is 10.5. The third-order valence-corrected chi connectivity index (χ3v) is 2.84. The summed E-state index contributed by atoms with van der Waals surface area (Å²) >= 11 is 0. The molecule has 3 N–H and O–H groups in total. The van der Waals surface area contributed by atoms with Gasteiger partial charge in [-0.3, -0.25) is 4.68 Å². The Bertz CT molecular complexity index is 473. The number of aryl methyl sites for hydroxylation is 1. The molecule has 1 saturated heterocycles. The number of hydrogen-bond donors (Lipinski definition) is 3. The van der Waals surface area contributed by atoms with E-state index < -0.39 is 12.1 Å². The molecule has 0 spiro atoms. The molecule has 2 heterocycles. The lowest BCUT2D eigenvalue weighted by molar-refractivity contribution is -0.149. The van der Waals surface area contributed by atoms with Gasteiger partial charge in [0.1, 0.15) is 0 Å². The summed E-state index contributed by atoms with van der Waals surface area (Å²) in [4.78, 5) is 22.3. The molecule has 1 aromatic heterocycles. The van der Waals surface area contributed by atoms with Gasteiger partial charge in [0.05, 0.1) is 18.0 Å². The molecule has 2 rings (SSSR count). The molecule has 0 bridgehead atoms. The second-order valence-corrected chi connectivity index (χ2v) is 4.40. The smallest absolute Gasteiger partial charge is 0.332 e. The number of ether oxygens (including phenoxy) is 1. The Hall–Kier alpha value is -2.09. The first-order valence-corrected chi connectivity index (χ1v) is 5.96. The van der Waals surface area contributed by atoms with Crippen molar-refractivity contribution in [2.75, 3.05) is 11.9 Å². The average molecular weight is 268 g/mol. The zero-order valence-corrected chi connectivity index (χ0v) is 10.5. The molecule has 1 aliphatic rings. The summed E-state index contributed by atoms with van der Waals surface area (Å²) in [6.07, 6.45) is 3.31. The van der Waals surface area contributed by atoms with Gasteiger partial charge >= 0.3 is 12.0 Å². The summed E-state index contributed by atoms with van der Waals surface area (Å²) in [5, 5.41) is 17.9. The maximum Gasteiger partial charge on any atom is 0.332 e. The monoisotopic (exact) mass is 268 g/mol.